The Kier molecular flexibility index (Phi) is 4.45. The van der Waals surface area contributed by atoms with E-state index in [1.54, 1.807) is 0 Å². The molecule has 100 valence electrons. The summed E-state index contributed by atoms with van der Waals surface area (Å²) in [6.07, 6.45) is 6.50. The van der Waals surface area contributed by atoms with Crippen molar-refractivity contribution < 1.29 is 0 Å². The van der Waals surface area contributed by atoms with Crippen LogP contribution in [0.5, 0.6) is 0 Å². The van der Waals surface area contributed by atoms with E-state index in [4.69, 9.17) is 0 Å². The molecule has 0 atom stereocenters. The van der Waals surface area contributed by atoms with E-state index in [-0.39, 0.29) is 0 Å². The van der Waals surface area contributed by atoms with Crippen LogP contribution in [0.1, 0.15) is 46.0 Å². The standard InChI is InChI=1S/C15H25N3/c1-3-8-15(9-10-15)12-17-14-7-5-6-13(18-14)16-11-4-2/h5-7H,3-4,8-12H2,1-2H3,(H2,16,17,18). The molecule has 0 saturated heterocycles. The predicted molar refractivity (Wildman–Crippen MR) is 78.1 cm³/mol. The van der Waals surface area contributed by atoms with Gasteiger partial charge in [-0.05, 0) is 43.2 Å². The molecular formula is C15H25N3. The predicted octanol–water partition coefficient (Wildman–Crippen LogP) is 3.90. The van der Waals surface area contributed by atoms with Crippen molar-refractivity contribution in [1.82, 2.24) is 4.98 Å². The molecule has 1 aliphatic rings. The molecule has 0 aliphatic heterocycles. The fourth-order valence-corrected chi connectivity index (χ4v) is 2.39. The Hall–Kier alpha value is -1.25. The lowest BCUT2D eigenvalue weighted by molar-refractivity contribution is 0.485. The maximum atomic E-state index is 4.58. The van der Waals surface area contributed by atoms with Gasteiger partial charge >= 0.3 is 0 Å². The normalized spacial score (nSPS) is 16.3. The maximum absolute atomic E-state index is 4.58. The van der Waals surface area contributed by atoms with Gasteiger partial charge in [-0.25, -0.2) is 4.98 Å². The van der Waals surface area contributed by atoms with Crippen LogP contribution in [0.3, 0.4) is 0 Å². The first kappa shape index (κ1) is 13.2. The second kappa shape index (κ2) is 6.07. The summed E-state index contributed by atoms with van der Waals surface area (Å²) < 4.78 is 0. The van der Waals surface area contributed by atoms with Crippen LogP contribution in [0.15, 0.2) is 18.2 Å². The Morgan fingerprint density at radius 3 is 2.44 bits per heavy atom. The second-order valence-electron chi connectivity index (χ2n) is 5.44. The van der Waals surface area contributed by atoms with Gasteiger partial charge in [-0.3, -0.25) is 0 Å². The molecule has 18 heavy (non-hydrogen) atoms. The molecule has 0 bridgehead atoms. The number of pyridine rings is 1. The third-order valence-electron chi connectivity index (χ3n) is 3.69. The summed E-state index contributed by atoms with van der Waals surface area (Å²) in [4.78, 5) is 4.58. The zero-order valence-electron chi connectivity index (χ0n) is 11.6. The van der Waals surface area contributed by atoms with E-state index in [0.29, 0.717) is 5.41 Å². The summed E-state index contributed by atoms with van der Waals surface area (Å²) in [6.45, 7) is 6.49. The Morgan fingerprint density at radius 2 is 1.83 bits per heavy atom. The van der Waals surface area contributed by atoms with Crippen LogP contribution >= 0.6 is 0 Å². The van der Waals surface area contributed by atoms with E-state index in [0.717, 1.165) is 31.1 Å². The van der Waals surface area contributed by atoms with Crippen LogP contribution in [0.25, 0.3) is 0 Å². The van der Waals surface area contributed by atoms with Crippen LogP contribution in [0, 0.1) is 5.41 Å². The minimum atomic E-state index is 0.573. The molecule has 1 aliphatic carbocycles. The van der Waals surface area contributed by atoms with Crippen molar-refractivity contribution in [2.24, 2.45) is 5.41 Å². The third-order valence-corrected chi connectivity index (χ3v) is 3.69. The van der Waals surface area contributed by atoms with Crippen LogP contribution in [-0.4, -0.2) is 18.1 Å². The topological polar surface area (TPSA) is 37.0 Å². The smallest absolute Gasteiger partial charge is 0.128 e. The first-order chi connectivity index (χ1) is 8.78. The van der Waals surface area contributed by atoms with Gasteiger partial charge in [0.15, 0.2) is 0 Å². The van der Waals surface area contributed by atoms with Crippen LogP contribution in [0.4, 0.5) is 11.6 Å². The highest BCUT2D eigenvalue weighted by molar-refractivity contribution is 5.45. The molecule has 0 unspecified atom stereocenters. The van der Waals surface area contributed by atoms with Crippen LogP contribution < -0.4 is 10.6 Å². The fraction of sp³-hybridized carbons (Fsp3) is 0.667. The molecule has 1 aromatic heterocycles. The molecule has 2 rings (SSSR count). The van der Waals surface area contributed by atoms with Crippen molar-refractivity contribution in [2.75, 3.05) is 23.7 Å². The van der Waals surface area contributed by atoms with E-state index in [2.05, 4.69) is 41.6 Å². The Balaban J connectivity index is 1.85. The molecule has 0 spiro atoms. The molecule has 1 aromatic rings. The van der Waals surface area contributed by atoms with Crippen molar-refractivity contribution in [3.63, 3.8) is 0 Å². The SMILES string of the molecule is CCCNc1cccc(NCC2(CCC)CC2)n1. The van der Waals surface area contributed by atoms with Crippen molar-refractivity contribution in [3.05, 3.63) is 18.2 Å². The highest BCUT2D eigenvalue weighted by Crippen LogP contribution is 2.49. The zero-order chi connectivity index (χ0) is 12.8. The van der Waals surface area contributed by atoms with E-state index in [1.165, 1.54) is 25.7 Å². The summed E-state index contributed by atoms with van der Waals surface area (Å²) >= 11 is 0. The lowest BCUT2D eigenvalue weighted by Crippen LogP contribution is -2.16. The second-order valence-corrected chi connectivity index (χ2v) is 5.44. The van der Waals surface area contributed by atoms with Gasteiger partial charge in [0.1, 0.15) is 11.6 Å². The lowest BCUT2D eigenvalue weighted by Gasteiger charge is -2.15. The number of nitrogens with zero attached hydrogens (tertiary/aromatic N) is 1. The quantitative estimate of drug-likeness (QED) is 0.731. The van der Waals surface area contributed by atoms with E-state index >= 15 is 0 Å². The number of hydrogen-bond donors (Lipinski definition) is 2. The third kappa shape index (κ3) is 3.62. The molecule has 2 N–H and O–H groups in total. The zero-order valence-corrected chi connectivity index (χ0v) is 11.6. The Morgan fingerprint density at radius 1 is 1.11 bits per heavy atom. The molecular weight excluding hydrogens is 222 g/mol. The Labute approximate surface area is 110 Å². The van der Waals surface area contributed by atoms with Crippen LogP contribution in [-0.2, 0) is 0 Å². The molecule has 3 heteroatoms. The molecule has 3 nitrogen and oxygen atoms in total. The van der Waals surface area contributed by atoms with E-state index < -0.39 is 0 Å². The molecule has 1 heterocycles. The lowest BCUT2D eigenvalue weighted by atomic mass is 10.0. The summed E-state index contributed by atoms with van der Waals surface area (Å²) in [5.74, 6) is 1.97. The first-order valence-electron chi connectivity index (χ1n) is 7.23. The molecule has 1 fully saturated rings. The summed E-state index contributed by atoms with van der Waals surface area (Å²) in [5, 5.41) is 6.82. The van der Waals surface area contributed by atoms with Crippen molar-refractivity contribution >= 4 is 11.6 Å². The molecule has 1 saturated carbocycles. The van der Waals surface area contributed by atoms with E-state index in [1.807, 2.05) is 6.07 Å². The largest absolute Gasteiger partial charge is 0.370 e. The fourth-order valence-electron chi connectivity index (χ4n) is 2.39. The van der Waals surface area contributed by atoms with Gasteiger partial charge in [0, 0.05) is 13.1 Å². The van der Waals surface area contributed by atoms with Gasteiger partial charge in [0.25, 0.3) is 0 Å². The van der Waals surface area contributed by atoms with Gasteiger partial charge in [-0.15, -0.1) is 0 Å². The average Bonchev–Trinajstić information content (AvgIpc) is 3.15. The van der Waals surface area contributed by atoms with Crippen molar-refractivity contribution in [2.45, 2.75) is 46.0 Å². The number of anilines is 2. The number of nitrogens with one attached hydrogen (secondary N) is 2. The number of hydrogen-bond acceptors (Lipinski definition) is 3. The van der Waals surface area contributed by atoms with Gasteiger partial charge in [0.05, 0.1) is 0 Å². The molecule has 0 aromatic carbocycles. The van der Waals surface area contributed by atoms with Gasteiger partial charge in [-0.2, -0.15) is 0 Å². The van der Waals surface area contributed by atoms with Gasteiger partial charge in [0.2, 0.25) is 0 Å². The molecule has 0 amide bonds. The minimum absolute atomic E-state index is 0.573. The highest BCUT2D eigenvalue weighted by Gasteiger charge is 2.41. The first-order valence-corrected chi connectivity index (χ1v) is 7.23. The van der Waals surface area contributed by atoms with Gasteiger partial charge < -0.3 is 10.6 Å². The average molecular weight is 247 g/mol. The van der Waals surface area contributed by atoms with Crippen molar-refractivity contribution in [1.29, 1.82) is 0 Å². The van der Waals surface area contributed by atoms with E-state index in [9.17, 15) is 0 Å². The molecule has 0 radical (unpaired) electrons. The van der Waals surface area contributed by atoms with Gasteiger partial charge in [-0.1, -0.05) is 26.3 Å². The summed E-state index contributed by atoms with van der Waals surface area (Å²) in [6, 6.07) is 6.14. The summed E-state index contributed by atoms with van der Waals surface area (Å²) in [7, 11) is 0. The van der Waals surface area contributed by atoms with Crippen molar-refractivity contribution in [3.8, 4) is 0 Å². The number of rotatable bonds is 8. The monoisotopic (exact) mass is 247 g/mol. The van der Waals surface area contributed by atoms with Crippen LogP contribution in [0.2, 0.25) is 0 Å². The maximum Gasteiger partial charge on any atom is 0.128 e. The summed E-state index contributed by atoms with van der Waals surface area (Å²) in [5.41, 5.74) is 0.573. The minimum Gasteiger partial charge on any atom is -0.370 e. The highest BCUT2D eigenvalue weighted by atomic mass is 15.1. The number of aromatic nitrogens is 1. The Bertz CT molecular complexity index is 372.